The van der Waals surface area contributed by atoms with Crippen LogP contribution >= 0.6 is 0 Å². The Hall–Kier alpha value is -3.28. The minimum Gasteiger partial charge on any atom is -0.493 e. The summed E-state index contributed by atoms with van der Waals surface area (Å²) >= 11 is 0. The lowest BCUT2D eigenvalue weighted by Gasteiger charge is -2.15. The van der Waals surface area contributed by atoms with Gasteiger partial charge >= 0.3 is 5.97 Å². The Kier molecular flexibility index (Phi) is 5.45. The van der Waals surface area contributed by atoms with Crippen molar-refractivity contribution in [3.8, 4) is 28.5 Å². The molecule has 27 heavy (non-hydrogen) atoms. The second-order valence-electron chi connectivity index (χ2n) is 5.71. The number of fused-ring (bicyclic) bond motifs is 1. The van der Waals surface area contributed by atoms with Gasteiger partial charge in [-0.25, -0.2) is 9.78 Å². The van der Waals surface area contributed by atoms with Crippen LogP contribution in [0, 0.1) is 0 Å². The number of aromatic nitrogens is 1. The second kappa shape index (κ2) is 7.95. The predicted molar refractivity (Wildman–Crippen MR) is 103 cm³/mol. The fourth-order valence-electron chi connectivity index (χ4n) is 2.93. The number of benzene rings is 2. The molecule has 0 bridgehead atoms. The van der Waals surface area contributed by atoms with Crippen molar-refractivity contribution in [2.45, 2.75) is 6.92 Å². The van der Waals surface area contributed by atoms with Gasteiger partial charge in [0.15, 0.2) is 11.5 Å². The molecule has 0 unspecified atom stereocenters. The molecular weight excluding hydrogens is 346 g/mol. The number of rotatable bonds is 6. The molecule has 0 saturated carbocycles. The van der Waals surface area contributed by atoms with Crippen LogP contribution in [0.2, 0.25) is 0 Å². The molecule has 6 heteroatoms. The van der Waals surface area contributed by atoms with Gasteiger partial charge in [-0.05, 0) is 31.2 Å². The number of carbonyl (C=O) groups is 1. The van der Waals surface area contributed by atoms with E-state index in [9.17, 15) is 4.79 Å². The second-order valence-corrected chi connectivity index (χ2v) is 5.71. The van der Waals surface area contributed by atoms with Gasteiger partial charge in [-0.3, -0.25) is 0 Å². The van der Waals surface area contributed by atoms with Crippen molar-refractivity contribution in [1.82, 2.24) is 4.98 Å². The smallest absolute Gasteiger partial charge is 0.338 e. The molecule has 1 aromatic heterocycles. The zero-order chi connectivity index (χ0) is 19.4. The fourth-order valence-corrected chi connectivity index (χ4v) is 2.93. The predicted octanol–water partition coefficient (Wildman–Crippen LogP) is 4.10. The minimum absolute atomic E-state index is 0.301. The van der Waals surface area contributed by atoms with E-state index in [1.165, 1.54) is 0 Å². The molecule has 0 spiro atoms. The van der Waals surface area contributed by atoms with E-state index < -0.39 is 0 Å². The first kappa shape index (κ1) is 18.5. The lowest BCUT2D eigenvalue weighted by molar-refractivity contribution is 0.0528. The average Bonchev–Trinajstić information content (AvgIpc) is 2.71. The highest BCUT2D eigenvalue weighted by Crippen LogP contribution is 2.41. The molecule has 0 saturated heterocycles. The zero-order valence-corrected chi connectivity index (χ0v) is 15.7. The lowest BCUT2D eigenvalue weighted by Crippen LogP contribution is -2.06. The van der Waals surface area contributed by atoms with Gasteiger partial charge in [0.1, 0.15) is 0 Å². The molecule has 0 amide bonds. The van der Waals surface area contributed by atoms with Gasteiger partial charge in [0.25, 0.3) is 0 Å². The van der Waals surface area contributed by atoms with Crippen LogP contribution < -0.4 is 14.2 Å². The van der Waals surface area contributed by atoms with E-state index in [0.29, 0.717) is 40.6 Å². The van der Waals surface area contributed by atoms with E-state index in [1.54, 1.807) is 46.5 Å². The molecule has 0 N–H and O–H groups in total. The molecule has 0 atom stereocenters. The molecule has 6 nitrogen and oxygen atoms in total. The molecule has 3 aromatic rings. The Balaban J connectivity index is 2.24. The third kappa shape index (κ3) is 3.51. The van der Waals surface area contributed by atoms with Gasteiger partial charge in [-0.2, -0.15) is 0 Å². The maximum Gasteiger partial charge on any atom is 0.338 e. The molecule has 0 aliphatic heterocycles. The highest BCUT2D eigenvalue weighted by molar-refractivity contribution is 6.04. The summed E-state index contributed by atoms with van der Waals surface area (Å²) in [5, 5.41) is 0.743. The van der Waals surface area contributed by atoms with Crippen LogP contribution in [0.15, 0.2) is 42.5 Å². The molecule has 0 aliphatic carbocycles. The van der Waals surface area contributed by atoms with Crippen LogP contribution in [-0.2, 0) is 4.74 Å². The summed E-state index contributed by atoms with van der Waals surface area (Å²) in [4.78, 5) is 17.2. The molecule has 0 fully saturated rings. The van der Waals surface area contributed by atoms with Gasteiger partial charge in [-0.1, -0.05) is 18.2 Å². The van der Waals surface area contributed by atoms with E-state index in [1.807, 2.05) is 24.3 Å². The highest BCUT2D eigenvalue weighted by Gasteiger charge is 2.18. The average molecular weight is 367 g/mol. The summed E-state index contributed by atoms with van der Waals surface area (Å²) in [6.07, 6.45) is 0. The van der Waals surface area contributed by atoms with Crippen molar-refractivity contribution in [3.63, 3.8) is 0 Å². The van der Waals surface area contributed by atoms with Crippen molar-refractivity contribution in [1.29, 1.82) is 0 Å². The first-order chi connectivity index (χ1) is 13.1. The van der Waals surface area contributed by atoms with Crippen LogP contribution in [-0.4, -0.2) is 38.9 Å². The van der Waals surface area contributed by atoms with Crippen LogP contribution in [0.25, 0.3) is 22.2 Å². The lowest BCUT2D eigenvalue weighted by atomic mass is 10.0. The van der Waals surface area contributed by atoms with Crippen molar-refractivity contribution >= 4 is 16.9 Å². The SMILES string of the molecule is CCOC(=O)c1cc(-c2cc(OC)c(OC)c(OC)c2)nc2ccccc12. The number of esters is 1. The Morgan fingerprint density at radius 2 is 1.63 bits per heavy atom. The first-order valence-corrected chi connectivity index (χ1v) is 8.50. The molecule has 3 rings (SSSR count). The summed E-state index contributed by atoms with van der Waals surface area (Å²) < 4.78 is 21.4. The number of pyridine rings is 1. The Labute approximate surface area is 157 Å². The quantitative estimate of drug-likeness (QED) is 0.611. The largest absolute Gasteiger partial charge is 0.493 e. The molecular formula is C21H21NO5. The van der Waals surface area contributed by atoms with E-state index >= 15 is 0 Å². The number of para-hydroxylation sites is 1. The first-order valence-electron chi connectivity index (χ1n) is 8.50. The summed E-state index contributed by atoms with van der Waals surface area (Å²) in [7, 11) is 4.66. The topological polar surface area (TPSA) is 66.9 Å². The van der Waals surface area contributed by atoms with E-state index in [4.69, 9.17) is 23.9 Å². The van der Waals surface area contributed by atoms with Gasteiger partial charge in [-0.15, -0.1) is 0 Å². The van der Waals surface area contributed by atoms with E-state index in [2.05, 4.69) is 0 Å². The molecule has 0 aliphatic rings. The monoisotopic (exact) mass is 367 g/mol. The van der Waals surface area contributed by atoms with Crippen LogP contribution in [0.4, 0.5) is 0 Å². The number of nitrogens with zero attached hydrogens (tertiary/aromatic N) is 1. The number of carbonyl (C=O) groups excluding carboxylic acids is 1. The standard InChI is InChI=1S/C21H21NO5/c1-5-27-21(23)15-12-17(22-16-9-7-6-8-14(15)16)13-10-18(24-2)20(26-4)19(11-13)25-3/h6-12H,5H2,1-4H3. The van der Waals surface area contributed by atoms with Gasteiger partial charge in [0, 0.05) is 10.9 Å². The number of hydrogen-bond acceptors (Lipinski definition) is 6. The Bertz CT molecular complexity index is 958. The number of methoxy groups -OCH3 is 3. The van der Waals surface area contributed by atoms with Crippen LogP contribution in [0.3, 0.4) is 0 Å². The third-order valence-corrected chi connectivity index (χ3v) is 4.17. The zero-order valence-electron chi connectivity index (χ0n) is 15.7. The van der Waals surface area contributed by atoms with Crippen LogP contribution in [0.5, 0.6) is 17.2 Å². The van der Waals surface area contributed by atoms with Crippen molar-refractivity contribution < 1.29 is 23.7 Å². The summed E-state index contributed by atoms with van der Waals surface area (Å²) in [5.41, 5.74) is 2.51. The maximum absolute atomic E-state index is 12.5. The Morgan fingerprint density at radius 1 is 0.963 bits per heavy atom. The van der Waals surface area contributed by atoms with Gasteiger partial charge < -0.3 is 18.9 Å². The third-order valence-electron chi connectivity index (χ3n) is 4.17. The maximum atomic E-state index is 12.5. The van der Waals surface area contributed by atoms with Crippen molar-refractivity contribution in [3.05, 3.63) is 48.0 Å². The van der Waals surface area contributed by atoms with Crippen molar-refractivity contribution in [2.24, 2.45) is 0 Å². The normalized spacial score (nSPS) is 10.5. The van der Waals surface area contributed by atoms with Gasteiger partial charge in [0.2, 0.25) is 5.75 Å². The molecule has 1 heterocycles. The number of hydrogen-bond donors (Lipinski definition) is 0. The fraction of sp³-hybridized carbons (Fsp3) is 0.238. The summed E-state index contributed by atoms with van der Waals surface area (Å²) in [6.45, 7) is 2.08. The molecule has 2 aromatic carbocycles. The molecule has 0 radical (unpaired) electrons. The summed E-state index contributed by atoms with van der Waals surface area (Å²) in [5.74, 6) is 1.14. The van der Waals surface area contributed by atoms with Crippen LogP contribution in [0.1, 0.15) is 17.3 Å². The van der Waals surface area contributed by atoms with E-state index in [0.717, 1.165) is 10.9 Å². The minimum atomic E-state index is -0.384. The Morgan fingerprint density at radius 3 is 2.22 bits per heavy atom. The van der Waals surface area contributed by atoms with Gasteiger partial charge in [0.05, 0.1) is 44.7 Å². The highest BCUT2D eigenvalue weighted by atomic mass is 16.5. The number of ether oxygens (including phenoxy) is 4. The summed E-state index contributed by atoms with van der Waals surface area (Å²) in [6, 6.07) is 12.8. The van der Waals surface area contributed by atoms with E-state index in [-0.39, 0.29) is 5.97 Å². The molecule has 140 valence electrons. The van der Waals surface area contributed by atoms with Crippen molar-refractivity contribution in [2.75, 3.05) is 27.9 Å².